The van der Waals surface area contributed by atoms with Gasteiger partial charge in [0, 0.05) is 44.3 Å². The topological polar surface area (TPSA) is 95.1 Å². The van der Waals surface area contributed by atoms with Crippen LogP contribution in [0.2, 0.25) is 0 Å². The highest BCUT2D eigenvalue weighted by atomic mass is 16.5. The van der Waals surface area contributed by atoms with Crippen LogP contribution in [0, 0.1) is 6.92 Å². The molecule has 0 radical (unpaired) electrons. The Morgan fingerprint density at radius 3 is 2.88 bits per heavy atom. The molecular formula is C18H21N5O3. The molecule has 0 unspecified atom stereocenters. The average Bonchev–Trinajstić information content (AvgIpc) is 3.28. The first-order chi connectivity index (χ1) is 12.6. The summed E-state index contributed by atoms with van der Waals surface area (Å²) in [6, 6.07) is 5.33. The zero-order valence-electron chi connectivity index (χ0n) is 15.0. The van der Waals surface area contributed by atoms with E-state index in [1.807, 2.05) is 17.7 Å². The van der Waals surface area contributed by atoms with Gasteiger partial charge in [-0.2, -0.15) is 0 Å². The van der Waals surface area contributed by atoms with Gasteiger partial charge in [0.25, 0.3) is 0 Å². The average molecular weight is 355 g/mol. The monoisotopic (exact) mass is 355 g/mol. The first-order valence-corrected chi connectivity index (χ1v) is 8.39. The van der Waals surface area contributed by atoms with E-state index >= 15 is 0 Å². The van der Waals surface area contributed by atoms with Gasteiger partial charge in [-0.05, 0) is 18.2 Å². The number of nitrogens with zero attached hydrogens (tertiary/aromatic N) is 4. The normalized spacial score (nSPS) is 10.7. The Hall–Kier alpha value is -3.16. The van der Waals surface area contributed by atoms with Gasteiger partial charge in [-0.3, -0.25) is 4.79 Å². The summed E-state index contributed by atoms with van der Waals surface area (Å²) in [7, 11) is 1.56. The molecule has 0 aliphatic heterocycles. The third-order valence-corrected chi connectivity index (χ3v) is 3.94. The van der Waals surface area contributed by atoms with E-state index in [-0.39, 0.29) is 5.91 Å². The molecule has 2 heterocycles. The molecule has 1 aromatic carbocycles. The van der Waals surface area contributed by atoms with Crippen LogP contribution >= 0.6 is 0 Å². The third-order valence-electron chi connectivity index (χ3n) is 3.94. The lowest BCUT2D eigenvalue weighted by Crippen LogP contribution is -2.15. The number of aryl methyl sites for hydroxylation is 3. The van der Waals surface area contributed by atoms with Crippen molar-refractivity contribution in [1.82, 2.24) is 19.7 Å². The van der Waals surface area contributed by atoms with E-state index in [4.69, 9.17) is 9.15 Å². The number of carbonyl (C=O) groups excluding carboxylic acids is 1. The van der Waals surface area contributed by atoms with E-state index in [1.54, 1.807) is 38.4 Å². The van der Waals surface area contributed by atoms with Crippen molar-refractivity contribution < 1.29 is 13.9 Å². The largest absolute Gasteiger partial charge is 0.495 e. The van der Waals surface area contributed by atoms with E-state index in [2.05, 4.69) is 20.5 Å². The van der Waals surface area contributed by atoms with E-state index in [0.717, 1.165) is 12.2 Å². The number of hydrogen-bond acceptors (Lipinski definition) is 6. The maximum Gasteiger partial charge on any atom is 0.247 e. The highest BCUT2D eigenvalue weighted by Gasteiger charge is 2.13. The van der Waals surface area contributed by atoms with E-state index in [0.29, 0.717) is 41.7 Å². The highest BCUT2D eigenvalue weighted by Crippen LogP contribution is 2.30. The smallest absolute Gasteiger partial charge is 0.247 e. The van der Waals surface area contributed by atoms with Gasteiger partial charge in [0.15, 0.2) is 0 Å². The van der Waals surface area contributed by atoms with Crippen molar-refractivity contribution in [3.05, 3.63) is 42.3 Å². The Morgan fingerprint density at radius 1 is 1.35 bits per heavy atom. The predicted molar refractivity (Wildman–Crippen MR) is 95.9 cm³/mol. The van der Waals surface area contributed by atoms with Crippen LogP contribution in [0.15, 0.2) is 35.0 Å². The summed E-state index contributed by atoms with van der Waals surface area (Å²) in [4.78, 5) is 16.6. The molecule has 3 rings (SSSR count). The predicted octanol–water partition coefficient (Wildman–Crippen LogP) is 2.84. The van der Waals surface area contributed by atoms with Crippen molar-refractivity contribution in [3.8, 4) is 17.2 Å². The molecule has 0 saturated heterocycles. The standard InChI is InChI=1S/C18H21N5O3/c1-4-16-19-8-10-23(16)9-7-17(24)20-14-11-13(5-6-15(14)25-3)18-22-21-12(2)26-18/h5-6,8,10-11H,4,7,9H2,1-3H3,(H,20,24). The Labute approximate surface area is 151 Å². The number of carbonyl (C=O) groups is 1. The maximum atomic E-state index is 12.4. The van der Waals surface area contributed by atoms with E-state index in [9.17, 15) is 4.79 Å². The number of hydrogen-bond donors (Lipinski definition) is 1. The SMILES string of the molecule is CCc1nccn1CCC(=O)Nc1cc(-c2nnc(C)o2)ccc1OC. The molecule has 3 aromatic rings. The molecule has 1 amide bonds. The van der Waals surface area contributed by atoms with Crippen LogP contribution < -0.4 is 10.1 Å². The molecule has 1 N–H and O–H groups in total. The number of rotatable bonds is 7. The lowest BCUT2D eigenvalue weighted by molar-refractivity contribution is -0.116. The van der Waals surface area contributed by atoms with Crippen LogP contribution in [-0.4, -0.2) is 32.8 Å². The number of methoxy groups -OCH3 is 1. The summed E-state index contributed by atoms with van der Waals surface area (Å²) in [5, 5.41) is 10.7. The van der Waals surface area contributed by atoms with Crippen molar-refractivity contribution in [2.24, 2.45) is 0 Å². The first-order valence-electron chi connectivity index (χ1n) is 8.39. The summed E-state index contributed by atoms with van der Waals surface area (Å²) >= 11 is 0. The molecule has 26 heavy (non-hydrogen) atoms. The number of ether oxygens (including phenoxy) is 1. The third kappa shape index (κ3) is 3.90. The Morgan fingerprint density at radius 2 is 2.19 bits per heavy atom. The van der Waals surface area contributed by atoms with Gasteiger partial charge in [-0.15, -0.1) is 10.2 Å². The zero-order valence-corrected chi connectivity index (χ0v) is 15.0. The molecule has 2 aromatic heterocycles. The van der Waals surface area contributed by atoms with Gasteiger partial charge < -0.3 is 19.0 Å². The fourth-order valence-corrected chi connectivity index (χ4v) is 2.64. The number of imidazole rings is 1. The molecular weight excluding hydrogens is 334 g/mol. The Balaban J connectivity index is 1.72. The van der Waals surface area contributed by atoms with Crippen LogP contribution in [0.3, 0.4) is 0 Å². The molecule has 0 aliphatic rings. The minimum absolute atomic E-state index is 0.113. The molecule has 0 spiro atoms. The second-order valence-corrected chi connectivity index (χ2v) is 5.73. The fraction of sp³-hybridized carbons (Fsp3) is 0.333. The van der Waals surface area contributed by atoms with Crippen LogP contribution in [0.5, 0.6) is 5.75 Å². The number of benzene rings is 1. The van der Waals surface area contributed by atoms with Gasteiger partial charge in [-0.1, -0.05) is 6.92 Å². The molecule has 8 heteroatoms. The fourth-order valence-electron chi connectivity index (χ4n) is 2.64. The highest BCUT2D eigenvalue weighted by molar-refractivity contribution is 5.93. The molecule has 0 fully saturated rings. The van der Waals surface area contributed by atoms with Crippen molar-refractivity contribution >= 4 is 11.6 Å². The molecule has 0 saturated carbocycles. The van der Waals surface area contributed by atoms with Crippen LogP contribution in [0.25, 0.3) is 11.5 Å². The lowest BCUT2D eigenvalue weighted by Gasteiger charge is -2.12. The summed E-state index contributed by atoms with van der Waals surface area (Å²) in [5.41, 5.74) is 1.27. The van der Waals surface area contributed by atoms with Gasteiger partial charge in [0.1, 0.15) is 11.6 Å². The second-order valence-electron chi connectivity index (χ2n) is 5.73. The number of amides is 1. The second kappa shape index (κ2) is 7.81. The van der Waals surface area contributed by atoms with Crippen LogP contribution in [0.1, 0.15) is 25.1 Å². The van der Waals surface area contributed by atoms with Crippen molar-refractivity contribution in [2.45, 2.75) is 33.2 Å². The first kappa shape index (κ1) is 17.7. The van der Waals surface area contributed by atoms with Crippen LogP contribution in [0.4, 0.5) is 5.69 Å². The number of aromatic nitrogens is 4. The van der Waals surface area contributed by atoms with Gasteiger partial charge in [0.2, 0.25) is 17.7 Å². The van der Waals surface area contributed by atoms with Gasteiger partial charge in [0.05, 0.1) is 12.8 Å². The summed E-state index contributed by atoms with van der Waals surface area (Å²) < 4.78 is 12.8. The lowest BCUT2D eigenvalue weighted by atomic mass is 10.1. The van der Waals surface area contributed by atoms with Crippen LogP contribution in [-0.2, 0) is 17.8 Å². The molecule has 136 valence electrons. The molecule has 8 nitrogen and oxygen atoms in total. The minimum atomic E-state index is -0.113. The zero-order chi connectivity index (χ0) is 18.5. The summed E-state index contributed by atoms with van der Waals surface area (Å²) in [6.07, 6.45) is 4.78. The quantitative estimate of drug-likeness (QED) is 0.700. The summed E-state index contributed by atoms with van der Waals surface area (Å²) in [6.45, 7) is 4.33. The molecule has 0 aliphatic carbocycles. The van der Waals surface area contributed by atoms with E-state index < -0.39 is 0 Å². The number of nitrogens with one attached hydrogen (secondary N) is 1. The molecule has 0 atom stereocenters. The van der Waals surface area contributed by atoms with Gasteiger partial charge in [-0.25, -0.2) is 4.98 Å². The molecule has 0 bridgehead atoms. The Kier molecular flexibility index (Phi) is 5.31. The van der Waals surface area contributed by atoms with Gasteiger partial charge >= 0.3 is 0 Å². The Bertz CT molecular complexity index is 900. The summed E-state index contributed by atoms with van der Waals surface area (Å²) in [5.74, 6) is 2.29. The van der Waals surface area contributed by atoms with E-state index in [1.165, 1.54) is 0 Å². The van der Waals surface area contributed by atoms with Crippen molar-refractivity contribution in [1.29, 1.82) is 0 Å². The maximum absolute atomic E-state index is 12.4. The van der Waals surface area contributed by atoms with Crippen molar-refractivity contribution in [2.75, 3.05) is 12.4 Å². The van der Waals surface area contributed by atoms with Crippen molar-refractivity contribution in [3.63, 3.8) is 0 Å². The minimum Gasteiger partial charge on any atom is -0.495 e. The number of anilines is 1.